The van der Waals surface area contributed by atoms with Crippen molar-refractivity contribution in [1.82, 2.24) is 10.6 Å². The number of benzene rings is 1. The summed E-state index contributed by atoms with van der Waals surface area (Å²) in [5, 5.41) is 6.38. The second-order valence-electron chi connectivity index (χ2n) is 7.14. The monoisotopic (exact) mass is 330 g/mol. The molecule has 24 heavy (non-hydrogen) atoms. The number of carbonyl (C=O) groups excluding carboxylic acids is 1. The van der Waals surface area contributed by atoms with Crippen molar-refractivity contribution in [2.45, 2.75) is 56.7 Å². The summed E-state index contributed by atoms with van der Waals surface area (Å²) in [7, 11) is 1.70. The van der Waals surface area contributed by atoms with Gasteiger partial charge in [-0.05, 0) is 55.7 Å². The van der Waals surface area contributed by atoms with E-state index in [1.807, 2.05) is 12.1 Å². The first-order valence-electron chi connectivity index (χ1n) is 9.10. The first-order chi connectivity index (χ1) is 11.8. The van der Waals surface area contributed by atoms with E-state index in [2.05, 4.69) is 16.7 Å². The van der Waals surface area contributed by atoms with Gasteiger partial charge >= 0.3 is 6.03 Å². The molecule has 2 aliphatic carbocycles. The molecule has 0 aromatic heterocycles. The van der Waals surface area contributed by atoms with Crippen LogP contribution in [-0.2, 0) is 11.2 Å². The molecule has 1 aromatic rings. The van der Waals surface area contributed by atoms with Crippen molar-refractivity contribution in [3.05, 3.63) is 29.3 Å². The predicted molar refractivity (Wildman–Crippen MR) is 91.2 cm³/mol. The lowest BCUT2D eigenvalue weighted by atomic mass is 9.82. The summed E-state index contributed by atoms with van der Waals surface area (Å²) in [6.07, 6.45) is 6.64. The number of hydrogen-bond donors (Lipinski definition) is 2. The highest BCUT2D eigenvalue weighted by Gasteiger charge is 2.38. The molecule has 2 N–H and O–H groups in total. The number of carbonyl (C=O) groups is 1. The Morgan fingerprint density at radius 3 is 3.00 bits per heavy atom. The molecule has 4 atom stereocenters. The summed E-state index contributed by atoms with van der Waals surface area (Å²) < 4.78 is 11.2. The Balaban J connectivity index is 1.39. The molecule has 0 bridgehead atoms. The van der Waals surface area contributed by atoms with Crippen molar-refractivity contribution in [3.63, 3.8) is 0 Å². The van der Waals surface area contributed by atoms with E-state index < -0.39 is 0 Å². The van der Waals surface area contributed by atoms with Gasteiger partial charge in [0.15, 0.2) is 0 Å². The maximum atomic E-state index is 12.5. The van der Waals surface area contributed by atoms with E-state index in [9.17, 15) is 4.79 Å². The van der Waals surface area contributed by atoms with E-state index in [-0.39, 0.29) is 18.1 Å². The smallest absolute Gasteiger partial charge is 0.315 e. The number of urea groups is 1. The fourth-order valence-electron chi connectivity index (χ4n) is 4.69. The molecule has 2 fully saturated rings. The highest BCUT2D eigenvalue weighted by atomic mass is 16.5. The van der Waals surface area contributed by atoms with Crippen LogP contribution < -0.4 is 15.4 Å². The molecule has 2 amide bonds. The van der Waals surface area contributed by atoms with Gasteiger partial charge in [0.2, 0.25) is 0 Å². The van der Waals surface area contributed by atoms with Crippen molar-refractivity contribution < 1.29 is 14.3 Å². The third-order valence-electron chi connectivity index (χ3n) is 5.85. The third kappa shape index (κ3) is 2.86. The van der Waals surface area contributed by atoms with Crippen LogP contribution in [0, 0.1) is 5.92 Å². The molecule has 0 spiro atoms. The van der Waals surface area contributed by atoms with Crippen molar-refractivity contribution >= 4 is 6.03 Å². The van der Waals surface area contributed by atoms with Crippen molar-refractivity contribution in [3.8, 4) is 5.75 Å². The molecule has 1 saturated carbocycles. The van der Waals surface area contributed by atoms with Gasteiger partial charge in [0.05, 0.1) is 19.3 Å². The van der Waals surface area contributed by atoms with Crippen LogP contribution in [0.25, 0.3) is 0 Å². The molecular formula is C19H26N2O3. The number of nitrogens with one attached hydrogen (secondary N) is 2. The largest absolute Gasteiger partial charge is 0.496 e. The van der Waals surface area contributed by atoms with Crippen molar-refractivity contribution in [1.29, 1.82) is 0 Å². The zero-order valence-corrected chi connectivity index (χ0v) is 14.2. The first-order valence-corrected chi connectivity index (χ1v) is 9.10. The van der Waals surface area contributed by atoms with Crippen molar-refractivity contribution in [2.24, 2.45) is 5.92 Å². The molecule has 1 heterocycles. The van der Waals surface area contributed by atoms with Gasteiger partial charge in [-0.15, -0.1) is 0 Å². The Kier molecular flexibility index (Phi) is 4.35. The number of methoxy groups -OCH3 is 1. The van der Waals surface area contributed by atoms with Gasteiger partial charge in [0.1, 0.15) is 5.75 Å². The highest BCUT2D eigenvalue weighted by molar-refractivity contribution is 5.75. The van der Waals surface area contributed by atoms with Crippen LogP contribution in [0.2, 0.25) is 0 Å². The number of amides is 2. The zero-order chi connectivity index (χ0) is 16.5. The van der Waals surface area contributed by atoms with Crippen LogP contribution in [0.5, 0.6) is 5.75 Å². The van der Waals surface area contributed by atoms with Crippen LogP contribution in [0.15, 0.2) is 18.2 Å². The number of fused-ring (bicyclic) bond motifs is 2. The Bertz CT molecular complexity index is 619. The summed E-state index contributed by atoms with van der Waals surface area (Å²) in [4.78, 5) is 12.5. The third-order valence-corrected chi connectivity index (χ3v) is 5.85. The predicted octanol–water partition coefficient (Wildman–Crippen LogP) is 2.94. The fourth-order valence-corrected chi connectivity index (χ4v) is 4.69. The lowest BCUT2D eigenvalue weighted by molar-refractivity contribution is 0.0549. The lowest BCUT2D eigenvalue weighted by Gasteiger charge is -2.33. The molecule has 0 radical (unpaired) electrons. The quantitative estimate of drug-likeness (QED) is 0.896. The topological polar surface area (TPSA) is 59.6 Å². The number of rotatable bonds is 3. The normalized spacial score (nSPS) is 31.2. The molecule has 0 unspecified atom stereocenters. The van der Waals surface area contributed by atoms with E-state index in [1.165, 1.54) is 11.1 Å². The maximum absolute atomic E-state index is 12.5. The Labute approximate surface area is 143 Å². The summed E-state index contributed by atoms with van der Waals surface area (Å²) >= 11 is 0. The Morgan fingerprint density at radius 2 is 2.12 bits per heavy atom. The minimum Gasteiger partial charge on any atom is -0.496 e. The molecule has 3 aliphatic rings. The van der Waals surface area contributed by atoms with Crippen LogP contribution in [0.1, 0.15) is 49.3 Å². The second-order valence-corrected chi connectivity index (χ2v) is 7.14. The molecule has 5 heteroatoms. The number of hydrogen-bond acceptors (Lipinski definition) is 3. The maximum Gasteiger partial charge on any atom is 0.315 e. The molecule has 1 aliphatic heterocycles. The summed E-state index contributed by atoms with van der Waals surface area (Å²) in [6.45, 7) is 0.838. The molecular weight excluding hydrogens is 304 g/mol. The van der Waals surface area contributed by atoms with Crippen LogP contribution >= 0.6 is 0 Å². The summed E-state index contributed by atoms with van der Waals surface area (Å²) in [5.41, 5.74) is 2.42. The van der Waals surface area contributed by atoms with Crippen LogP contribution in [0.3, 0.4) is 0 Å². The van der Waals surface area contributed by atoms with Gasteiger partial charge in [-0.25, -0.2) is 4.79 Å². The molecule has 1 saturated heterocycles. The van der Waals surface area contributed by atoms with Gasteiger partial charge in [-0.3, -0.25) is 0 Å². The van der Waals surface area contributed by atoms with E-state index in [1.54, 1.807) is 7.11 Å². The SMILES string of the molecule is COc1cccc2c1CC[C@@H]2NC(=O)N[C@@H]1CCC[C@H]2OCC[C@@H]12. The molecule has 5 nitrogen and oxygen atoms in total. The van der Waals surface area contributed by atoms with E-state index in [0.29, 0.717) is 12.0 Å². The van der Waals surface area contributed by atoms with Crippen LogP contribution in [0.4, 0.5) is 4.79 Å². The van der Waals surface area contributed by atoms with Crippen LogP contribution in [-0.4, -0.2) is 31.9 Å². The summed E-state index contributed by atoms with van der Waals surface area (Å²) in [5.74, 6) is 1.41. The van der Waals surface area contributed by atoms with Gasteiger partial charge in [0, 0.05) is 18.6 Å². The van der Waals surface area contributed by atoms with E-state index >= 15 is 0 Å². The van der Waals surface area contributed by atoms with Gasteiger partial charge in [0.25, 0.3) is 0 Å². The Hall–Kier alpha value is -1.75. The van der Waals surface area contributed by atoms with E-state index in [4.69, 9.17) is 9.47 Å². The minimum absolute atomic E-state index is 0.0479. The average Bonchev–Trinajstić information content (AvgIpc) is 3.22. The minimum atomic E-state index is -0.0479. The molecule has 1 aromatic carbocycles. The van der Waals surface area contributed by atoms with Gasteiger partial charge in [-0.2, -0.15) is 0 Å². The van der Waals surface area contributed by atoms with Crippen molar-refractivity contribution in [2.75, 3.05) is 13.7 Å². The average molecular weight is 330 g/mol. The standard InChI is InChI=1S/C19H26N2O3/c1-23-17-6-2-4-12-13(17)8-9-16(12)21-19(22)20-15-5-3-7-18-14(15)10-11-24-18/h2,4,6,14-16,18H,3,5,7-11H2,1H3,(H2,20,21,22)/t14-,15+,16-,18+/m0/s1. The summed E-state index contributed by atoms with van der Waals surface area (Å²) in [6, 6.07) is 6.36. The molecule has 130 valence electrons. The lowest BCUT2D eigenvalue weighted by Crippen LogP contribution is -2.49. The number of ether oxygens (including phenoxy) is 2. The Morgan fingerprint density at radius 1 is 1.21 bits per heavy atom. The second kappa shape index (κ2) is 6.63. The fraction of sp³-hybridized carbons (Fsp3) is 0.632. The van der Waals surface area contributed by atoms with Gasteiger partial charge in [-0.1, -0.05) is 12.1 Å². The van der Waals surface area contributed by atoms with Gasteiger partial charge < -0.3 is 20.1 Å². The first kappa shape index (κ1) is 15.8. The highest BCUT2D eigenvalue weighted by Crippen LogP contribution is 2.37. The van der Waals surface area contributed by atoms with E-state index in [0.717, 1.165) is 50.9 Å². The molecule has 4 rings (SSSR count). The zero-order valence-electron chi connectivity index (χ0n) is 14.2.